The predicted molar refractivity (Wildman–Crippen MR) is 99.6 cm³/mol. The number of hydrogen-bond donors (Lipinski definition) is 3. The molecule has 0 spiro atoms. The third-order valence-electron chi connectivity index (χ3n) is 4.34. The minimum Gasteiger partial charge on any atom is -0.379 e. The molecule has 2 heterocycles. The Bertz CT molecular complexity index is 1100. The largest absolute Gasteiger partial charge is 0.416 e. The summed E-state index contributed by atoms with van der Waals surface area (Å²) in [5.41, 5.74) is 1.55. The summed E-state index contributed by atoms with van der Waals surface area (Å²) in [6, 6.07) is 2.81. The zero-order valence-electron chi connectivity index (χ0n) is 15.6. The fourth-order valence-corrected chi connectivity index (χ4v) is 4.15. The number of halogens is 3. The molecule has 0 aliphatic carbocycles. The minimum absolute atomic E-state index is 0.161. The molecule has 1 aliphatic rings. The highest BCUT2D eigenvalue weighted by molar-refractivity contribution is 7.89. The van der Waals surface area contributed by atoms with Gasteiger partial charge in [-0.15, -0.1) is 0 Å². The van der Waals surface area contributed by atoms with Crippen LogP contribution < -0.4 is 10.9 Å². The molecule has 0 atom stereocenters. The number of nitro groups is 1. The summed E-state index contributed by atoms with van der Waals surface area (Å²) in [6.45, 7) is 0.808. The van der Waals surface area contributed by atoms with E-state index in [1.165, 1.54) is 4.31 Å². The fourth-order valence-electron chi connectivity index (χ4n) is 2.75. The molecule has 11 nitrogen and oxygen atoms in total. The molecule has 3 N–H and O–H groups in total. The highest BCUT2D eigenvalue weighted by atomic mass is 32.2. The number of anilines is 1. The van der Waals surface area contributed by atoms with Crippen LogP contribution in [-0.2, 0) is 20.9 Å². The number of alkyl halides is 3. The summed E-state index contributed by atoms with van der Waals surface area (Å²) in [6.07, 6.45) is -3.67. The number of morpholine rings is 1. The molecule has 0 radical (unpaired) electrons. The highest BCUT2D eigenvalue weighted by Crippen LogP contribution is 2.34. The second kappa shape index (κ2) is 8.52. The van der Waals surface area contributed by atoms with Gasteiger partial charge in [0.05, 0.1) is 23.7 Å². The predicted octanol–water partition coefficient (Wildman–Crippen LogP) is 1.72. The number of rotatable bonds is 6. The maximum absolute atomic E-state index is 12.8. The minimum atomic E-state index is -4.78. The molecule has 168 valence electrons. The third-order valence-corrected chi connectivity index (χ3v) is 6.22. The van der Waals surface area contributed by atoms with Crippen molar-refractivity contribution >= 4 is 27.3 Å². The van der Waals surface area contributed by atoms with Crippen molar-refractivity contribution in [2.24, 2.45) is 0 Å². The number of H-pyrrole nitrogens is 1. The second-order valence-electron chi connectivity index (χ2n) is 6.33. The van der Waals surface area contributed by atoms with Crippen LogP contribution in [0.4, 0.5) is 24.5 Å². The first-order valence-electron chi connectivity index (χ1n) is 8.68. The number of carbonyl (C=O) groups excluding carboxylic acids is 1. The van der Waals surface area contributed by atoms with E-state index >= 15 is 0 Å². The van der Waals surface area contributed by atoms with Crippen molar-refractivity contribution in [1.29, 1.82) is 0 Å². The summed E-state index contributed by atoms with van der Waals surface area (Å²) < 4.78 is 69.7. The second-order valence-corrected chi connectivity index (χ2v) is 8.27. The summed E-state index contributed by atoms with van der Waals surface area (Å²) in [5, 5.41) is 11.1. The molecule has 2 aromatic rings. The van der Waals surface area contributed by atoms with E-state index in [0.29, 0.717) is 12.1 Å². The molecule has 0 bridgehead atoms. The monoisotopic (exact) mass is 463 g/mol. The van der Waals surface area contributed by atoms with Crippen LogP contribution in [0.5, 0.6) is 0 Å². The lowest BCUT2D eigenvalue weighted by molar-refractivity contribution is -0.384. The lowest BCUT2D eigenvalue weighted by Crippen LogP contribution is -2.40. The Balaban J connectivity index is 1.73. The number of nitro benzene ring substituents is 1. The first-order valence-corrected chi connectivity index (χ1v) is 10.1. The number of carbonyl (C=O) groups is 1. The maximum Gasteiger partial charge on any atom is 0.416 e. The van der Waals surface area contributed by atoms with Gasteiger partial charge in [-0.25, -0.2) is 8.42 Å². The van der Waals surface area contributed by atoms with Crippen molar-refractivity contribution in [2.75, 3.05) is 31.7 Å². The van der Waals surface area contributed by atoms with Gasteiger partial charge in [-0.05, 0) is 18.2 Å². The number of aromatic nitrogens is 1. The van der Waals surface area contributed by atoms with E-state index in [-0.39, 0.29) is 42.6 Å². The van der Waals surface area contributed by atoms with E-state index in [2.05, 4.69) is 15.8 Å². The number of hydrogen-bond acceptors (Lipinski definition) is 7. The van der Waals surface area contributed by atoms with Crippen molar-refractivity contribution < 1.29 is 36.0 Å². The quantitative estimate of drug-likeness (QED) is 0.437. The van der Waals surface area contributed by atoms with Crippen molar-refractivity contribution in [3.05, 3.63) is 51.8 Å². The van der Waals surface area contributed by atoms with E-state index in [0.717, 1.165) is 18.3 Å². The normalized spacial score (nSPS) is 15.5. The number of nitrogens with one attached hydrogen (secondary N) is 3. The number of hydrazine groups is 1. The molecule has 31 heavy (non-hydrogen) atoms. The number of aromatic amines is 1. The van der Waals surface area contributed by atoms with Crippen molar-refractivity contribution in [2.45, 2.75) is 11.1 Å². The average Bonchev–Trinajstić information content (AvgIpc) is 3.23. The Morgan fingerprint density at radius 2 is 1.90 bits per heavy atom. The van der Waals surface area contributed by atoms with E-state index in [4.69, 9.17) is 4.74 Å². The first kappa shape index (κ1) is 22.5. The molecule has 3 rings (SSSR count). The van der Waals surface area contributed by atoms with Gasteiger partial charge >= 0.3 is 6.18 Å². The summed E-state index contributed by atoms with van der Waals surface area (Å²) in [7, 11) is -3.85. The molecule has 1 aromatic heterocycles. The van der Waals surface area contributed by atoms with E-state index < -0.39 is 38.3 Å². The van der Waals surface area contributed by atoms with Gasteiger partial charge in [0.1, 0.15) is 16.3 Å². The Labute approximate surface area is 173 Å². The molecule has 1 fully saturated rings. The lowest BCUT2D eigenvalue weighted by Gasteiger charge is -2.25. The van der Waals surface area contributed by atoms with Crippen LogP contribution >= 0.6 is 0 Å². The summed E-state index contributed by atoms with van der Waals surface area (Å²) in [4.78, 5) is 24.6. The fraction of sp³-hybridized carbons (Fsp3) is 0.312. The zero-order valence-corrected chi connectivity index (χ0v) is 16.4. The Morgan fingerprint density at radius 3 is 2.52 bits per heavy atom. The van der Waals surface area contributed by atoms with Crippen molar-refractivity contribution in [3.8, 4) is 0 Å². The van der Waals surface area contributed by atoms with Gasteiger partial charge in [0.15, 0.2) is 0 Å². The van der Waals surface area contributed by atoms with E-state index in [9.17, 15) is 36.5 Å². The summed E-state index contributed by atoms with van der Waals surface area (Å²) in [5.74, 6) is -0.891. The standard InChI is InChI=1S/C16H16F3N5O6S/c17-16(18,19)10-1-2-12(14(7-10)24(26)27)21-22-15(25)13-8-11(9-20-13)31(28,29)23-3-5-30-6-4-23/h1-2,7-9,20-21H,3-6H2,(H,22,25). The maximum atomic E-state index is 12.8. The van der Waals surface area contributed by atoms with Gasteiger partial charge in [0.25, 0.3) is 11.6 Å². The smallest absolute Gasteiger partial charge is 0.379 e. The number of sulfonamides is 1. The molecular weight excluding hydrogens is 447 g/mol. The highest BCUT2D eigenvalue weighted by Gasteiger charge is 2.33. The lowest BCUT2D eigenvalue weighted by atomic mass is 10.1. The zero-order chi connectivity index (χ0) is 22.8. The molecule has 1 saturated heterocycles. The molecule has 0 saturated carbocycles. The van der Waals surface area contributed by atoms with Gasteiger partial charge in [0, 0.05) is 25.4 Å². The van der Waals surface area contributed by atoms with Gasteiger partial charge in [-0.1, -0.05) is 0 Å². The molecule has 1 aromatic carbocycles. The molecule has 1 aliphatic heterocycles. The van der Waals surface area contributed by atoms with E-state index in [1.807, 2.05) is 0 Å². The third kappa shape index (κ3) is 4.95. The SMILES string of the molecule is O=C(NNc1ccc(C(F)(F)F)cc1[N+](=O)[O-])c1cc(S(=O)(=O)N2CCOCC2)c[nH]1. The van der Waals surface area contributed by atoms with Crippen LogP contribution in [0.3, 0.4) is 0 Å². The van der Waals surface area contributed by atoms with Crippen molar-refractivity contribution in [3.63, 3.8) is 0 Å². The van der Waals surface area contributed by atoms with Crippen LogP contribution in [0.2, 0.25) is 0 Å². The molecular formula is C16H16F3N5O6S. The summed E-state index contributed by atoms with van der Waals surface area (Å²) >= 11 is 0. The van der Waals surface area contributed by atoms with E-state index in [1.54, 1.807) is 0 Å². The first-order chi connectivity index (χ1) is 14.5. The van der Waals surface area contributed by atoms with Crippen LogP contribution in [-0.4, -0.2) is 54.8 Å². The van der Waals surface area contributed by atoms with Gasteiger partial charge in [-0.2, -0.15) is 17.5 Å². The number of benzene rings is 1. The number of amides is 1. The van der Waals surface area contributed by atoms with Gasteiger partial charge in [-0.3, -0.25) is 25.8 Å². The van der Waals surface area contributed by atoms with Crippen molar-refractivity contribution in [1.82, 2.24) is 14.7 Å². The Hall–Kier alpha value is -3.17. The Morgan fingerprint density at radius 1 is 1.23 bits per heavy atom. The number of ether oxygens (including phenoxy) is 1. The van der Waals surface area contributed by atoms with Crippen LogP contribution in [0.15, 0.2) is 35.4 Å². The van der Waals surface area contributed by atoms with Crippen LogP contribution in [0.1, 0.15) is 16.1 Å². The Kier molecular flexibility index (Phi) is 6.19. The molecule has 1 amide bonds. The molecule has 0 unspecified atom stereocenters. The molecule has 15 heteroatoms. The average molecular weight is 463 g/mol. The van der Waals surface area contributed by atoms with Gasteiger partial charge in [0.2, 0.25) is 10.0 Å². The topological polar surface area (TPSA) is 147 Å². The van der Waals surface area contributed by atoms with Crippen LogP contribution in [0, 0.1) is 10.1 Å². The van der Waals surface area contributed by atoms with Gasteiger partial charge < -0.3 is 9.72 Å². The van der Waals surface area contributed by atoms with Crippen LogP contribution in [0.25, 0.3) is 0 Å². The number of nitrogens with zero attached hydrogens (tertiary/aromatic N) is 2.